The fourth-order valence-corrected chi connectivity index (χ4v) is 5.19. The summed E-state index contributed by atoms with van der Waals surface area (Å²) in [6.45, 7) is 7.92. The van der Waals surface area contributed by atoms with Crippen molar-refractivity contribution in [2.24, 2.45) is 0 Å². The van der Waals surface area contributed by atoms with Crippen molar-refractivity contribution in [2.45, 2.75) is 26.2 Å². The van der Waals surface area contributed by atoms with Crippen LogP contribution in [0.25, 0.3) is 44.8 Å². The fourth-order valence-electron chi connectivity index (χ4n) is 5.19. The predicted molar refractivity (Wildman–Crippen MR) is 151 cm³/mol. The van der Waals surface area contributed by atoms with Gasteiger partial charge in [0.2, 0.25) is 0 Å². The number of aromatic nitrogens is 4. The predicted octanol–water partition coefficient (Wildman–Crippen LogP) is 6.09. The molecule has 37 heavy (non-hydrogen) atoms. The van der Waals surface area contributed by atoms with Gasteiger partial charge in [0.25, 0.3) is 0 Å². The number of ether oxygens (including phenoxy) is 1. The first-order valence-electron chi connectivity index (χ1n) is 13.3. The van der Waals surface area contributed by atoms with E-state index in [0.29, 0.717) is 0 Å². The van der Waals surface area contributed by atoms with Gasteiger partial charge < -0.3 is 19.6 Å². The summed E-state index contributed by atoms with van der Waals surface area (Å²) in [5, 5.41) is 0. The van der Waals surface area contributed by atoms with Gasteiger partial charge in [0.05, 0.1) is 29.2 Å². The maximum Gasteiger partial charge on any atom is 0.138 e. The maximum absolute atomic E-state index is 5.27. The van der Waals surface area contributed by atoms with Crippen molar-refractivity contribution in [1.82, 2.24) is 24.8 Å². The molecule has 3 aromatic carbocycles. The van der Waals surface area contributed by atoms with Crippen LogP contribution in [0.1, 0.15) is 26.2 Å². The summed E-state index contributed by atoms with van der Waals surface area (Å²) in [7, 11) is 1.67. The van der Waals surface area contributed by atoms with Crippen molar-refractivity contribution in [3.05, 3.63) is 60.7 Å². The zero-order valence-corrected chi connectivity index (χ0v) is 21.6. The third kappa shape index (κ3) is 4.91. The molecule has 1 aliphatic rings. The molecule has 6 rings (SSSR count). The third-order valence-electron chi connectivity index (χ3n) is 7.40. The van der Waals surface area contributed by atoms with E-state index in [1.54, 1.807) is 7.11 Å². The smallest absolute Gasteiger partial charge is 0.138 e. The minimum absolute atomic E-state index is 0.833. The summed E-state index contributed by atoms with van der Waals surface area (Å²) in [4.78, 5) is 21.8. The van der Waals surface area contributed by atoms with Crippen LogP contribution in [0, 0.1) is 0 Å². The molecule has 0 radical (unpaired) electrons. The first-order chi connectivity index (χ1) is 18.2. The highest BCUT2D eigenvalue weighted by atomic mass is 16.5. The lowest BCUT2D eigenvalue weighted by molar-refractivity contribution is 0.252. The monoisotopic (exact) mass is 494 g/mol. The Balaban J connectivity index is 1.20. The standard InChI is InChI=1S/C30H34N6O/c1-3-4-5-14-35-15-17-36(18-16-35)23-9-13-26-28(20-23)34-30(32-26)22-8-12-25-27(19-22)33-29(31-25)21-6-10-24(37-2)11-7-21/h6-13,19-20H,3-5,14-18H2,1-2H3,(H,31,33)(H,32,34). The van der Waals surface area contributed by atoms with Crippen LogP contribution >= 0.6 is 0 Å². The van der Waals surface area contributed by atoms with Gasteiger partial charge in [-0.1, -0.05) is 19.8 Å². The van der Waals surface area contributed by atoms with E-state index in [9.17, 15) is 0 Å². The number of nitrogens with zero attached hydrogens (tertiary/aromatic N) is 4. The van der Waals surface area contributed by atoms with E-state index in [1.807, 2.05) is 30.3 Å². The largest absolute Gasteiger partial charge is 0.497 e. The molecule has 2 aromatic heterocycles. The molecule has 2 N–H and O–H groups in total. The lowest BCUT2D eigenvalue weighted by Gasteiger charge is -2.36. The highest BCUT2D eigenvalue weighted by Gasteiger charge is 2.18. The first-order valence-corrected chi connectivity index (χ1v) is 13.3. The number of fused-ring (bicyclic) bond motifs is 2. The molecule has 1 aliphatic heterocycles. The molecule has 0 amide bonds. The van der Waals surface area contributed by atoms with Crippen molar-refractivity contribution in [3.8, 4) is 28.5 Å². The number of benzene rings is 3. The molecule has 190 valence electrons. The highest BCUT2D eigenvalue weighted by Crippen LogP contribution is 2.28. The average Bonchev–Trinajstić information content (AvgIpc) is 3.57. The fraction of sp³-hybridized carbons (Fsp3) is 0.333. The summed E-state index contributed by atoms with van der Waals surface area (Å²) >= 11 is 0. The van der Waals surface area contributed by atoms with Gasteiger partial charge in [-0.15, -0.1) is 0 Å². The number of methoxy groups -OCH3 is 1. The lowest BCUT2D eigenvalue weighted by Crippen LogP contribution is -2.46. The van der Waals surface area contributed by atoms with Gasteiger partial charge in [0, 0.05) is 43.0 Å². The maximum atomic E-state index is 5.27. The van der Waals surface area contributed by atoms with Crippen LogP contribution in [-0.4, -0.2) is 64.7 Å². The van der Waals surface area contributed by atoms with Crippen molar-refractivity contribution in [1.29, 1.82) is 0 Å². The number of aromatic amines is 2. The van der Waals surface area contributed by atoms with Gasteiger partial charge in [-0.3, -0.25) is 4.90 Å². The molecule has 0 spiro atoms. The van der Waals surface area contributed by atoms with Crippen LogP contribution in [0.2, 0.25) is 0 Å². The van der Waals surface area contributed by atoms with E-state index in [4.69, 9.17) is 14.7 Å². The van der Waals surface area contributed by atoms with Crippen LogP contribution in [0.4, 0.5) is 5.69 Å². The molecule has 7 nitrogen and oxygen atoms in total. The Bertz CT molecular complexity index is 1490. The Morgan fingerprint density at radius 1 is 0.757 bits per heavy atom. The Hall–Kier alpha value is -3.84. The Kier molecular flexibility index (Phi) is 6.53. The minimum atomic E-state index is 0.833. The number of imidazole rings is 2. The minimum Gasteiger partial charge on any atom is -0.497 e. The normalized spacial score (nSPS) is 14.6. The van der Waals surface area contributed by atoms with Crippen molar-refractivity contribution in [2.75, 3.05) is 44.7 Å². The SMILES string of the molecule is CCCCCN1CCN(c2ccc3nc(-c4ccc5nc(-c6ccc(OC)cc6)[nH]c5c4)[nH]c3c2)CC1. The number of nitrogens with one attached hydrogen (secondary N) is 2. The van der Waals surface area contributed by atoms with Gasteiger partial charge in [-0.2, -0.15) is 0 Å². The second-order valence-corrected chi connectivity index (χ2v) is 9.87. The van der Waals surface area contributed by atoms with Gasteiger partial charge in [0.1, 0.15) is 17.4 Å². The van der Waals surface area contributed by atoms with Crippen molar-refractivity contribution in [3.63, 3.8) is 0 Å². The number of H-pyrrole nitrogens is 2. The molecule has 1 saturated heterocycles. The van der Waals surface area contributed by atoms with Gasteiger partial charge in [-0.25, -0.2) is 9.97 Å². The summed E-state index contributed by atoms with van der Waals surface area (Å²) in [6.07, 6.45) is 3.93. The number of rotatable bonds is 8. The number of unbranched alkanes of at least 4 members (excludes halogenated alkanes) is 2. The Labute approximate surface area is 217 Å². The van der Waals surface area contributed by atoms with E-state index >= 15 is 0 Å². The van der Waals surface area contributed by atoms with E-state index < -0.39 is 0 Å². The van der Waals surface area contributed by atoms with Crippen LogP contribution in [-0.2, 0) is 0 Å². The van der Waals surface area contributed by atoms with Crippen LogP contribution in [0.5, 0.6) is 5.75 Å². The number of hydrogen-bond acceptors (Lipinski definition) is 5. The van der Waals surface area contributed by atoms with Gasteiger partial charge in [-0.05, 0) is 73.6 Å². The van der Waals surface area contributed by atoms with E-state index in [2.05, 4.69) is 57.0 Å². The summed E-state index contributed by atoms with van der Waals surface area (Å²) in [5.74, 6) is 2.55. The van der Waals surface area contributed by atoms with E-state index in [1.165, 1.54) is 31.5 Å². The zero-order chi connectivity index (χ0) is 25.2. The average molecular weight is 495 g/mol. The molecular weight excluding hydrogens is 460 g/mol. The highest BCUT2D eigenvalue weighted by molar-refractivity contribution is 5.87. The molecule has 0 saturated carbocycles. The van der Waals surface area contributed by atoms with Crippen LogP contribution in [0.15, 0.2) is 60.7 Å². The lowest BCUT2D eigenvalue weighted by atomic mass is 10.2. The zero-order valence-electron chi connectivity index (χ0n) is 21.6. The molecule has 0 aliphatic carbocycles. The topological polar surface area (TPSA) is 73.1 Å². The Morgan fingerprint density at radius 3 is 2.11 bits per heavy atom. The Morgan fingerprint density at radius 2 is 1.41 bits per heavy atom. The van der Waals surface area contributed by atoms with E-state index in [0.717, 1.165) is 76.8 Å². The van der Waals surface area contributed by atoms with Gasteiger partial charge in [0.15, 0.2) is 0 Å². The van der Waals surface area contributed by atoms with Crippen molar-refractivity contribution >= 4 is 27.8 Å². The summed E-state index contributed by atoms with van der Waals surface area (Å²) in [6, 6.07) is 20.8. The van der Waals surface area contributed by atoms with Crippen LogP contribution < -0.4 is 9.64 Å². The third-order valence-corrected chi connectivity index (χ3v) is 7.40. The van der Waals surface area contributed by atoms with E-state index in [-0.39, 0.29) is 0 Å². The first kappa shape index (κ1) is 23.6. The molecule has 5 aromatic rings. The molecule has 3 heterocycles. The molecule has 7 heteroatoms. The quantitative estimate of drug-likeness (QED) is 0.255. The molecule has 0 unspecified atom stereocenters. The van der Waals surface area contributed by atoms with Crippen molar-refractivity contribution < 1.29 is 4.74 Å². The van der Waals surface area contributed by atoms with Crippen LogP contribution in [0.3, 0.4) is 0 Å². The summed E-state index contributed by atoms with van der Waals surface area (Å²) in [5.41, 5.74) is 7.31. The number of piperazine rings is 1. The number of anilines is 1. The summed E-state index contributed by atoms with van der Waals surface area (Å²) < 4.78 is 5.27. The second-order valence-electron chi connectivity index (χ2n) is 9.87. The number of hydrogen-bond donors (Lipinski definition) is 2. The second kappa shape index (κ2) is 10.3. The molecule has 0 bridgehead atoms. The molecule has 1 fully saturated rings. The van der Waals surface area contributed by atoms with Gasteiger partial charge >= 0.3 is 0 Å². The molecular formula is C30H34N6O. The molecule has 0 atom stereocenters.